The van der Waals surface area contributed by atoms with Gasteiger partial charge in [0, 0.05) is 16.5 Å². The molecule has 5 heteroatoms. The first-order valence-corrected chi connectivity index (χ1v) is 6.85. The monoisotopic (exact) mass is 230 g/mol. The molecule has 0 atom stereocenters. The lowest BCUT2D eigenvalue weighted by molar-refractivity contribution is 0.503. The van der Waals surface area contributed by atoms with Crippen molar-refractivity contribution in [2.75, 3.05) is 5.75 Å². The van der Waals surface area contributed by atoms with Crippen LogP contribution in [-0.4, -0.2) is 18.7 Å². The number of rotatable bonds is 4. The fourth-order valence-electron chi connectivity index (χ4n) is 0.874. The van der Waals surface area contributed by atoms with Crippen LogP contribution in [0.4, 0.5) is 0 Å². The van der Waals surface area contributed by atoms with E-state index < -0.39 is 9.15 Å². The van der Waals surface area contributed by atoms with Gasteiger partial charge in [-0.3, -0.25) is 4.55 Å². The van der Waals surface area contributed by atoms with Gasteiger partial charge in [0.1, 0.15) is 0 Å². The van der Waals surface area contributed by atoms with Crippen LogP contribution in [0.25, 0.3) is 6.08 Å². The standard InChI is InChI=1S/C9H10O3S2/c10-14(11,12)13-8-4-7-9-5-2-1-3-6-9/h1-7H,8H2,(H,10,11,12)/b7-4+. The van der Waals surface area contributed by atoms with Crippen molar-refractivity contribution in [2.24, 2.45) is 0 Å². The summed E-state index contributed by atoms with van der Waals surface area (Å²) in [5.74, 6) is 0.244. The van der Waals surface area contributed by atoms with Crippen LogP contribution in [-0.2, 0) is 9.15 Å². The fraction of sp³-hybridized carbons (Fsp3) is 0.111. The van der Waals surface area contributed by atoms with Crippen LogP contribution in [0.5, 0.6) is 0 Å². The van der Waals surface area contributed by atoms with Crippen LogP contribution < -0.4 is 0 Å². The Labute approximate surface area is 87.0 Å². The largest absolute Gasteiger partial charge is 0.320 e. The Balaban J connectivity index is 2.43. The van der Waals surface area contributed by atoms with Crippen LogP contribution in [0.1, 0.15) is 5.56 Å². The average Bonchev–Trinajstić information content (AvgIpc) is 2.13. The highest BCUT2D eigenvalue weighted by Crippen LogP contribution is 2.10. The molecule has 3 nitrogen and oxygen atoms in total. The number of hydrogen-bond donors (Lipinski definition) is 1. The van der Waals surface area contributed by atoms with Gasteiger partial charge in [-0.1, -0.05) is 42.5 Å². The molecule has 1 aromatic rings. The third-order valence-corrected chi connectivity index (χ3v) is 3.35. The molecule has 0 unspecified atom stereocenters. The van der Waals surface area contributed by atoms with E-state index in [9.17, 15) is 8.42 Å². The lowest BCUT2D eigenvalue weighted by atomic mass is 10.2. The van der Waals surface area contributed by atoms with Crippen molar-refractivity contribution in [3.8, 4) is 0 Å². The van der Waals surface area contributed by atoms with Gasteiger partial charge in [0.2, 0.25) is 0 Å². The van der Waals surface area contributed by atoms with Gasteiger partial charge >= 0.3 is 9.15 Å². The fourth-order valence-corrected chi connectivity index (χ4v) is 1.97. The van der Waals surface area contributed by atoms with Gasteiger partial charge in [-0.05, 0) is 5.56 Å². The van der Waals surface area contributed by atoms with Crippen LogP contribution in [0.3, 0.4) is 0 Å². The lowest BCUT2D eigenvalue weighted by Gasteiger charge is -1.92. The molecule has 0 amide bonds. The first-order chi connectivity index (χ1) is 6.58. The van der Waals surface area contributed by atoms with E-state index in [1.165, 1.54) is 0 Å². The first-order valence-electron chi connectivity index (χ1n) is 3.91. The molecule has 0 spiro atoms. The molecule has 14 heavy (non-hydrogen) atoms. The molecule has 0 saturated heterocycles. The Hall–Kier alpha value is -0.780. The van der Waals surface area contributed by atoms with Gasteiger partial charge in [0.15, 0.2) is 0 Å². The van der Waals surface area contributed by atoms with Gasteiger partial charge in [0.05, 0.1) is 0 Å². The van der Waals surface area contributed by atoms with Gasteiger partial charge < -0.3 is 0 Å². The van der Waals surface area contributed by atoms with Gasteiger partial charge in [-0.15, -0.1) is 0 Å². The molecular weight excluding hydrogens is 220 g/mol. The van der Waals surface area contributed by atoms with E-state index in [-0.39, 0.29) is 5.75 Å². The molecule has 0 bridgehead atoms. The first kappa shape index (κ1) is 11.3. The Bertz CT molecular complexity index is 395. The Morgan fingerprint density at radius 1 is 1.29 bits per heavy atom. The van der Waals surface area contributed by atoms with Crippen molar-refractivity contribution in [2.45, 2.75) is 0 Å². The van der Waals surface area contributed by atoms with Gasteiger partial charge in [-0.25, -0.2) is 0 Å². The Morgan fingerprint density at radius 3 is 2.50 bits per heavy atom. The molecular formula is C9H10O3S2. The van der Waals surface area contributed by atoms with E-state index in [1.54, 1.807) is 12.2 Å². The zero-order valence-electron chi connectivity index (χ0n) is 7.33. The predicted molar refractivity (Wildman–Crippen MR) is 59.5 cm³/mol. The van der Waals surface area contributed by atoms with Crippen molar-refractivity contribution in [1.29, 1.82) is 0 Å². The molecule has 1 N–H and O–H groups in total. The normalized spacial score (nSPS) is 12.1. The topological polar surface area (TPSA) is 54.4 Å². The minimum atomic E-state index is -3.91. The molecule has 0 fully saturated rings. The third kappa shape index (κ3) is 5.06. The maximum Gasteiger partial charge on any atom is 0.320 e. The van der Waals surface area contributed by atoms with Crippen molar-refractivity contribution >= 4 is 26.0 Å². The minimum Gasteiger partial charge on any atom is -0.277 e. The summed E-state index contributed by atoms with van der Waals surface area (Å²) >= 11 is 0. The van der Waals surface area contributed by atoms with Crippen LogP contribution in [0.2, 0.25) is 0 Å². The lowest BCUT2D eigenvalue weighted by Crippen LogP contribution is -1.89. The number of benzene rings is 1. The molecule has 1 aromatic carbocycles. The van der Waals surface area contributed by atoms with Crippen LogP contribution >= 0.6 is 10.8 Å². The molecule has 0 saturated carbocycles. The van der Waals surface area contributed by atoms with Crippen LogP contribution in [0.15, 0.2) is 36.4 Å². The predicted octanol–water partition coefficient (Wildman–Crippen LogP) is 2.24. The smallest absolute Gasteiger partial charge is 0.277 e. The summed E-state index contributed by atoms with van der Waals surface area (Å²) in [5, 5.41) is 0. The van der Waals surface area contributed by atoms with E-state index in [0.29, 0.717) is 10.8 Å². The van der Waals surface area contributed by atoms with Crippen molar-refractivity contribution in [1.82, 2.24) is 0 Å². The van der Waals surface area contributed by atoms with E-state index in [2.05, 4.69) is 0 Å². The minimum absolute atomic E-state index is 0.244. The summed E-state index contributed by atoms with van der Waals surface area (Å²) < 4.78 is 29.1. The summed E-state index contributed by atoms with van der Waals surface area (Å²) in [4.78, 5) is 0. The highest BCUT2D eigenvalue weighted by molar-refractivity contribution is 8.70. The van der Waals surface area contributed by atoms with E-state index in [4.69, 9.17) is 4.55 Å². The average molecular weight is 230 g/mol. The number of hydrogen-bond acceptors (Lipinski definition) is 3. The Morgan fingerprint density at radius 2 is 1.93 bits per heavy atom. The molecule has 0 aliphatic heterocycles. The second-order valence-electron chi connectivity index (χ2n) is 2.53. The molecule has 0 aromatic heterocycles. The van der Waals surface area contributed by atoms with E-state index >= 15 is 0 Å². The highest BCUT2D eigenvalue weighted by Gasteiger charge is 2.01. The zero-order valence-corrected chi connectivity index (χ0v) is 8.96. The summed E-state index contributed by atoms with van der Waals surface area (Å²) in [6.07, 6.45) is 3.49. The van der Waals surface area contributed by atoms with Crippen LogP contribution in [0, 0.1) is 0 Å². The second-order valence-corrected chi connectivity index (χ2v) is 5.92. The van der Waals surface area contributed by atoms with E-state index in [0.717, 1.165) is 5.56 Å². The molecule has 0 aliphatic rings. The second kappa shape index (κ2) is 5.19. The van der Waals surface area contributed by atoms with Gasteiger partial charge in [-0.2, -0.15) is 8.42 Å². The molecule has 0 heterocycles. The van der Waals surface area contributed by atoms with Crippen molar-refractivity contribution < 1.29 is 13.0 Å². The Kier molecular flexibility index (Phi) is 4.19. The molecule has 0 aliphatic carbocycles. The summed E-state index contributed by atoms with van der Waals surface area (Å²) in [6, 6.07) is 9.53. The summed E-state index contributed by atoms with van der Waals surface area (Å²) in [6.45, 7) is 0. The van der Waals surface area contributed by atoms with Crippen molar-refractivity contribution in [3.63, 3.8) is 0 Å². The molecule has 1 rings (SSSR count). The summed E-state index contributed by atoms with van der Waals surface area (Å²) in [5.41, 5.74) is 1.00. The van der Waals surface area contributed by atoms with Crippen molar-refractivity contribution in [3.05, 3.63) is 42.0 Å². The SMILES string of the molecule is O=S(=O)(O)SC/C=C/c1ccccc1. The highest BCUT2D eigenvalue weighted by atomic mass is 33.1. The maximum absolute atomic E-state index is 10.3. The quantitative estimate of drug-likeness (QED) is 0.636. The summed E-state index contributed by atoms with van der Waals surface area (Å²) in [7, 11) is -3.42. The molecule has 0 radical (unpaired) electrons. The van der Waals surface area contributed by atoms with E-state index in [1.807, 2.05) is 30.3 Å². The maximum atomic E-state index is 10.3. The molecule has 76 valence electrons. The third-order valence-electron chi connectivity index (χ3n) is 1.42. The van der Waals surface area contributed by atoms with Gasteiger partial charge in [0.25, 0.3) is 0 Å². The zero-order chi connectivity index (χ0) is 10.4.